The van der Waals surface area contributed by atoms with E-state index in [0.29, 0.717) is 5.75 Å². The van der Waals surface area contributed by atoms with Crippen LogP contribution in [0.2, 0.25) is 0 Å². The third-order valence-corrected chi connectivity index (χ3v) is 1.95. The average Bonchev–Trinajstić information content (AvgIpc) is 2.36. The lowest BCUT2D eigenvalue weighted by Gasteiger charge is -2.09. The van der Waals surface area contributed by atoms with Gasteiger partial charge in [0.25, 0.3) is 5.91 Å². The van der Waals surface area contributed by atoms with Crippen molar-refractivity contribution >= 4 is 5.91 Å². The zero-order chi connectivity index (χ0) is 14.1. The van der Waals surface area contributed by atoms with Crippen molar-refractivity contribution in [3.63, 3.8) is 0 Å². The van der Waals surface area contributed by atoms with Crippen molar-refractivity contribution in [1.82, 2.24) is 5.32 Å². The molecule has 0 heterocycles. The quantitative estimate of drug-likeness (QED) is 0.773. The van der Waals surface area contributed by atoms with Crippen molar-refractivity contribution < 1.29 is 27.4 Å². The number of rotatable bonds is 7. The van der Waals surface area contributed by atoms with E-state index < -0.39 is 18.7 Å². The number of alkyl halides is 3. The van der Waals surface area contributed by atoms with Crippen LogP contribution in [-0.4, -0.2) is 38.4 Å². The Morgan fingerprint density at radius 3 is 2.53 bits per heavy atom. The first-order valence-electron chi connectivity index (χ1n) is 5.56. The molecule has 0 fully saturated rings. The monoisotopic (exact) mass is 277 g/mol. The average molecular weight is 277 g/mol. The van der Waals surface area contributed by atoms with Crippen LogP contribution < -0.4 is 10.1 Å². The lowest BCUT2D eigenvalue weighted by atomic mass is 10.3. The number of nitrogens with one attached hydrogen (secondary N) is 1. The summed E-state index contributed by atoms with van der Waals surface area (Å²) in [4.78, 5) is 11.3. The molecule has 1 aromatic rings. The Balaban J connectivity index is 2.06. The number of hydrogen-bond acceptors (Lipinski definition) is 3. The minimum Gasteiger partial charge on any atom is -0.484 e. The Kier molecular flexibility index (Phi) is 6.14. The van der Waals surface area contributed by atoms with Crippen molar-refractivity contribution in [3.05, 3.63) is 30.3 Å². The second-order valence-corrected chi connectivity index (χ2v) is 3.62. The predicted octanol–water partition coefficient (Wildman–Crippen LogP) is 1.76. The van der Waals surface area contributed by atoms with Gasteiger partial charge < -0.3 is 14.8 Å². The predicted molar refractivity (Wildman–Crippen MR) is 61.8 cm³/mol. The molecule has 0 aromatic heterocycles. The summed E-state index contributed by atoms with van der Waals surface area (Å²) in [6, 6.07) is 8.72. The number of amides is 1. The molecule has 0 bridgehead atoms. The molecule has 7 heteroatoms. The first-order valence-corrected chi connectivity index (χ1v) is 5.56. The summed E-state index contributed by atoms with van der Waals surface area (Å²) in [5.74, 6) is 0.130. The van der Waals surface area contributed by atoms with Crippen LogP contribution in [0.4, 0.5) is 13.2 Å². The van der Waals surface area contributed by atoms with E-state index in [1.165, 1.54) is 0 Å². The maximum absolute atomic E-state index is 11.7. The molecule has 1 N–H and O–H groups in total. The van der Waals surface area contributed by atoms with Gasteiger partial charge in [-0.1, -0.05) is 18.2 Å². The minimum atomic E-state index is -4.35. The van der Waals surface area contributed by atoms with E-state index in [2.05, 4.69) is 10.1 Å². The molecule has 0 radical (unpaired) electrons. The van der Waals surface area contributed by atoms with Gasteiger partial charge >= 0.3 is 6.18 Å². The number of halogens is 3. The molecule has 1 amide bonds. The van der Waals surface area contributed by atoms with Gasteiger partial charge in [-0.05, 0) is 12.1 Å². The number of carbonyl (C=O) groups excluding carboxylic acids is 1. The molecule has 0 aliphatic heterocycles. The maximum atomic E-state index is 11.7. The Bertz CT molecular complexity index is 382. The van der Waals surface area contributed by atoms with Crippen molar-refractivity contribution in [1.29, 1.82) is 0 Å². The molecule has 1 aromatic carbocycles. The Hall–Kier alpha value is -1.76. The number of benzene rings is 1. The van der Waals surface area contributed by atoms with Crippen LogP contribution in [0.3, 0.4) is 0 Å². The van der Waals surface area contributed by atoms with Crippen LogP contribution in [0.15, 0.2) is 30.3 Å². The molecule has 0 aliphatic carbocycles. The maximum Gasteiger partial charge on any atom is 0.411 e. The molecule has 1 rings (SSSR count). The number of carbonyl (C=O) groups is 1. The summed E-state index contributed by atoms with van der Waals surface area (Å²) in [6.07, 6.45) is -4.35. The van der Waals surface area contributed by atoms with Gasteiger partial charge in [-0.25, -0.2) is 0 Å². The molecule has 0 unspecified atom stereocenters. The molecule has 106 valence electrons. The highest BCUT2D eigenvalue weighted by Crippen LogP contribution is 2.13. The van der Waals surface area contributed by atoms with E-state index >= 15 is 0 Å². The topological polar surface area (TPSA) is 47.6 Å². The summed E-state index contributed by atoms with van der Waals surface area (Å²) in [7, 11) is 0. The van der Waals surface area contributed by atoms with Gasteiger partial charge in [-0.2, -0.15) is 13.2 Å². The van der Waals surface area contributed by atoms with Gasteiger partial charge in [-0.3, -0.25) is 4.79 Å². The van der Waals surface area contributed by atoms with Crippen molar-refractivity contribution in [2.45, 2.75) is 6.18 Å². The Labute approximate surface area is 108 Å². The zero-order valence-electron chi connectivity index (χ0n) is 10.1. The van der Waals surface area contributed by atoms with Gasteiger partial charge in [0.2, 0.25) is 0 Å². The minimum absolute atomic E-state index is 0.00701. The van der Waals surface area contributed by atoms with E-state index in [4.69, 9.17) is 4.74 Å². The number of hydrogen-bond donors (Lipinski definition) is 1. The van der Waals surface area contributed by atoms with Crippen molar-refractivity contribution in [2.75, 3.05) is 26.4 Å². The second-order valence-electron chi connectivity index (χ2n) is 3.62. The molecule has 0 saturated heterocycles. The van der Waals surface area contributed by atoms with E-state index in [9.17, 15) is 18.0 Å². The molecule has 0 atom stereocenters. The van der Waals surface area contributed by atoms with Crippen LogP contribution in [0.5, 0.6) is 5.75 Å². The summed E-state index contributed by atoms with van der Waals surface area (Å²) < 4.78 is 44.6. The van der Waals surface area contributed by atoms with Gasteiger partial charge in [0.15, 0.2) is 6.61 Å². The second kappa shape index (κ2) is 7.63. The fourth-order valence-electron chi connectivity index (χ4n) is 1.17. The molecule has 4 nitrogen and oxygen atoms in total. The third-order valence-electron chi connectivity index (χ3n) is 1.95. The van der Waals surface area contributed by atoms with Crippen molar-refractivity contribution in [3.8, 4) is 5.75 Å². The standard InChI is InChI=1S/C12H14F3NO3/c13-12(14,15)9-18-7-6-16-11(17)8-19-10-4-2-1-3-5-10/h1-5H,6-9H2,(H,16,17). The summed E-state index contributed by atoms with van der Waals surface area (Å²) >= 11 is 0. The molecular formula is C12H14F3NO3. The van der Waals surface area contributed by atoms with Crippen LogP contribution in [0, 0.1) is 0 Å². The summed E-state index contributed by atoms with van der Waals surface area (Å²) in [5.41, 5.74) is 0. The van der Waals surface area contributed by atoms with Crippen molar-refractivity contribution in [2.24, 2.45) is 0 Å². The van der Waals surface area contributed by atoms with E-state index in [1.54, 1.807) is 24.3 Å². The van der Waals surface area contributed by atoms with Gasteiger partial charge in [0.05, 0.1) is 6.61 Å². The Morgan fingerprint density at radius 2 is 1.89 bits per heavy atom. The normalized spacial score (nSPS) is 11.1. The van der Waals surface area contributed by atoms with Crippen LogP contribution in [0.25, 0.3) is 0 Å². The third kappa shape index (κ3) is 8.04. The van der Waals surface area contributed by atoms with E-state index in [-0.39, 0.29) is 19.8 Å². The van der Waals surface area contributed by atoms with Crippen LogP contribution >= 0.6 is 0 Å². The fraction of sp³-hybridized carbons (Fsp3) is 0.417. The highest BCUT2D eigenvalue weighted by Gasteiger charge is 2.27. The first-order chi connectivity index (χ1) is 8.97. The van der Waals surface area contributed by atoms with Crippen LogP contribution in [0.1, 0.15) is 0 Å². The number of para-hydroxylation sites is 1. The zero-order valence-corrected chi connectivity index (χ0v) is 10.1. The van der Waals surface area contributed by atoms with Gasteiger partial charge in [0, 0.05) is 6.54 Å². The van der Waals surface area contributed by atoms with E-state index in [0.717, 1.165) is 0 Å². The van der Waals surface area contributed by atoms with Gasteiger partial charge in [0.1, 0.15) is 12.4 Å². The molecule has 0 saturated carbocycles. The first kappa shape index (κ1) is 15.3. The summed E-state index contributed by atoms with van der Waals surface area (Å²) in [5, 5.41) is 2.38. The smallest absolute Gasteiger partial charge is 0.411 e. The molecule has 0 spiro atoms. The lowest BCUT2D eigenvalue weighted by molar-refractivity contribution is -0.173. The highest BCUT2D eigenvalue weighted by molar-refractivity contribution is 5.77. The van der Waals surface area contributed by atoms with E-state index in [1.807, 2.05) is 6.07 Å². The molecule has 19 heavy (non-hydrogen) atoms. The molecule has 0 aliphatic rings. The van der Waals surface area contributed by atoms with Crippen LogP contribution in [-0.2, 0) is 9.53 Å². The summed E-state index contributed by atoms with van der Waals surface area (Å²) in [6.45, 7) is -1.70. The SMILES string of the molecule is O=C(COc1ccccc1)NCCOCC(F)(F)F. The molecular weight excluding hydrogens is 263 g/mol. The fourth-order valence-corrected chi connectivity index (χ4v) is 1.17. The lowest BCUT2D eigenvalue weighted by Crippen LogP contribution is -2.32. The highest BCUT2D eigenvalue weighted by atomic mass is 19.4. The largest absolute Gasteiger partial charge is 0.484 e. The number of ether oxygens (including phenoxy) is 2. The Morgan fingerprint density at radius 1 is 1.21 bits per heavy atom. The van der Waals surface area contributed by atoms with Gasteiger partial charge in [-0.15, -0.1) is 0 Å².